The molecule has 0 amide bonds. The Morgan fingerprint density at radius 3 is 2.65 bits per heavy atom. The molecule has 4 heteroatoms. The van der Waals surface area contributed by atoms with Gasteiger partial charge in [0.15, 0.2) is 0 Å². The second kappa shape index (κ2) is 7.65. The lowest BCUT2D eigenvalue weighted by molar-refractivity contribution is -0.118. The predicted molar refractivity (Wildman–Crippen MR) is 84.6 cm³/mol. The fourth-order valence-electron chi connectivity index (χ4n) is 2.58. The van der Waals surface area contributed by atoms with Gasteiger partial charge in [-0.15, -0.1) is 0 Å². The number of carbonyl (C=O) groups is 1. The van der Waals surface area contributed by atoms with Gasteiger partial charge in [0.25, 0.3) is 0 Å². The SMILES string of the molecule is CCC(=O)CCCN1CCN(c2cccc(Cl)c2)CC1. The highest BCUT2D eigenvalue weighted by atomic mass is 35.5. The van der Waals surface area contributed by atoms with E-state index in [2.05, 4.69) is 15.9 Å². The molecule has 0 aliphatic carbocycles. The van der Waals surface area contributed by atoms with Gasteiger partial charge in [0.1, 0.15) is 5.78 Å². The predicted octanol–water partition coefficient (Wildman–Crippen LogP) is 3.22. The van der Waals surface area contributed by atoms with E-state index in [0.717, 1.165) is 50.6 Å². The molecule has 1 aromatic carbocycles. The van der Waals surface area contributed by atoms with E-state index in [-0.39, 0.29) is 0 Å². The van der Waals surface area contributed by atoms with Gasteiger partial charge in [-0.1, -0.05) is 24.6 Å². The normalized spacial score (nSPS) is 16.4. The molecular formula is C16H23ClN2O. The number of ketones is 1. The molecule has 0 bridgehead atoms. The summed E-state index contributed by atoms with van der Waals surface area (Å²) in [5, 5.41) is 0.794. The van der Waals surface area contributed by atoms with E-state index in [1.54, 1.807) is 0 Å². The van der Waals surface area contributed by atoms with E-state index < -0.39 is 0 Å². The fraction of sp³-hybridized carbons (Fsp3) is 0.562. The lowest BCUT2D eigenvalue weighted by Gasteiger charge is -2.36. The number of benzene rings is 1. The molecule has 3 nitrogen and oxygen atoms in total. The zero-order valence-corrected chi connectivity index (χ0v) is 12.9. The van der Waals surface area contributed by atoms with Gasteiger partial charge in [-0.05, 0) is 31.2 Å². The number of anilines is 1. The highest BCUT2D eigenvalue weighted by Gasteiger charge is 2.17. The summed E-state index contributed by atoms with van der Waals surface area (Å²) in [7, 11) is 0. The molecular weight excluding hydrogens is 272 g/mol. The molecule has 0 aromatic heterocycles. The van der Waals surface area contributed by atoms with Crippen molar-refractivity contribution in [1.82, 2.24) is 4.90 Å². The third-order valence-electron chi connectivity index (χ3n) is 3.87. The molecule has 1 aromatic rings. The summed E-state index contributed by atoms with van der Waals surface area (Å²) in [6.45, 7) is 7.16. The highest BCUT2D eigenvalue weighted by Crippen LogP contribution is 2.20. The lowest BCUT2D eigenvalue weighted by atomic mass is 10.1. The maximum absolute atomic E-state index is 11.3. The summed E-state index contributed by atoms with van der Waals surface area (Å²) in [6, 6.07) is 8.05. The third kappa shape index (κ3) is 4.50. The van der Waals surface area contributed by atoms with E-state index in [0.29, 0.717) is 12.2 Å². The number of Topliss-reactive ketones (excluding diaryl/α,β-unsaturated/α-hetero) is 1. The lowest BCUT2D eigenvalue weighted by Crippen LogP contribution is -2.46. The molecule has 1 aliphatic rings. The fourth-order valence-corrected chi connectivity index (χ4v) is 2.76. The Labute approximate surface area is 126 Å². The van der Waals surface area contributed by atoms with Crippen molar-refractivity contribution in [3.05, 3.63) is 29.3 Å². The van der Waals surface area contributed by atoms with Crippen LogP contribution in [0.2, 0.25) is 5.02 Å². The molecule has 0 spiro atoms. The van der Waals surface area contributed by atoms with Crippen molar-refractivity contribution < 1.29 is 4.79 Å². The van der Waals surface area contributed by atoms with Crippen LogP contribution in [0.25, 0.3) is 0 Å². The maximum atomic E-state index is 11.3. The van der Waals surface area contributed by atoms with Gasteiger partial charge in [0.05, 0.1) is 0 Å². The number of hydrogen-bond acceptors (Lipinski definition) is 3. The Bertz CT molecular complexity index is 442. The van der Waals surface area contributed by atoms with Gasteiger partial charge in [-0.3, -0.25) is 9.69 Å². The van der Waals surface area contributed by atoms with Crippen LogP contribution in [0.5, 0.6) is 0 Å². The van der Waals surface area contributed by atoms with Gasteiger partial charge in [-0.25, -0.2) is 0 Å². The Balaban J connectivity index is 1.74. The van der Waals surface area contributed by atoms with E-state index in [1.165, 1.54) is 5.69 Å². The first-order chi connectivity index (χ1) is 9.69. The number of rotatable bonds is 6. The zero-order chi connectivity index (χ0) is 14.4. The quantitative estimate of drug-likeness (QED) is 0.805. The molecule has 0 unspecified atom stereocenters. The van der Waals surface area contributed by atoms with Crippen molar-refractivity contribution in [2.45, 2.75) is 26.2 Å². The minimum Gasteiger partial charge on any atom is -0.369 e. The molecule has 20 heavy (non-hydrogen) atoms. The average Bonchev–Trinajstić information content (AvgIpc) is 2.48. The molecule has 1 heterocycles. The maximum Gasteiger partial charge on any atom is 0.132 e. The van der Waals surface area contributed by atoms with Crippen LogP contribution in [-0.2, 0) is 4.79 Å². The van der Waals surface area contributed by atoms with Crippen LogP contribution in [0, 0.1) is 0 Å². The summed E-state index contributed by atoms with van der Waals surface area (Å²) in [5.41, 5.74) is 1.21. The molecule has 0 saturated carbocycles. The number of nitrogens with zero attached hydrogens (tertiary/aromatic N) is 2. The Kier molecular flexibility index (Phi) is 5.86. The van der Waals surface area contributed by atoms with Crippen molar-refractivity contribution in [2.75, 3.05) is 37.6 Å². The standard InChI is InChI=1S/C16H23ClN2O/c1-2-16(20)7-4-8-18-9-11-19(12-10-18)15-6-3-5-14(17)13-15/h3,5-6,13H,2,4,7-12H2,1H3. The zero-order valence-electron chi connectivity index (χ0n) is 12.1. The molecule has 0 atom stereocenters. The van der Waals surface area contributed by atoms with Crippen LogP contribution in [0.3, 0.4) is 0 Å². The molecule has 1 fully saturated rings. The average molecular weight is 295 g/mol. The Morgan fingerprint density at radius 1 is 1.25 bits per heavy atom. The Morgan fingerprint density at radius 2 is 2.00 bits per heavy atom. The van der Waals surface area contributed by atoms with Crippen LogP contribution >= 0.6 is 11.6 Å². The number of piperazine rings is 1. The molecule has 1 saturated heterocycles. The minimum absolute atomic E-state index is 0.377. The van der Waals surface area contributed by atoms with Crippen LogP contribution in [0.1, 0.15) is 26.2 Å². The largest absolute Gasteiger partial charge is 0.369 e. The summed E-state index contributed by atoms with van der Waals surface area (Å²) >= 11 is 6.04. The topological polar surface area (TPSA) is 23.6 Å². The first kappa shape index (κ1) is 15.3. The van der Waals surface area contributed by atoms with Gasteiger partial charge >= 0.3 is 0 Å². The van der Waals surface area contributed by atoms with Gasteiger partial charge in [-0.2, -0.15) is 0 Å². The van der Waals surface area contributed by atoms with Crippen molar-refractivity contribution in [3.8, 4) is 0 Å². The second-order valence-electron chi connectivity index (χ2n) is 5.30. The monoisotopic (exact) mass is 294 g/mol. The Hall–Kier alpha value is -1.06. The summed E-state index contributed by atoms with van der Waals surface area (Å²) in [5.74, 6) is 0.377. The number of hydrogen-bond donors (Lipinski definition) is 0. The molecule has 2 rings (SSSR count). The summed E-state index contributed by atoms with van der Waals surface area (Å²) in [4.78, 5) is 16.1. The summed E-state index contributed by atoms with van der Waals surface area (Å²) < 4.78 is 0. The van der Waals surface area contributed by atoms with Crippen LogP contribution in [0.4, 0.5) is 5.69 Å². The van der Waals surface area contributed by atoms with Crippen LogP contribution in [0.15, 0.2) is 24.3 Å². The van der Waals surface area contributed by atoms with Crippen LogP contribution in [-0.4, -0.2) is 43.4 Å². The second-order valence-corrected chi connectivity index (χ2v) is 5.74. The molecule has 1 aliphatic heterocycles. The summed E-state index contributed by atoms with van der Waals surface area (Å²) in [6.07, 6.45) is 2.39. The van der Waals surface area contributed by atoms with E-state index >= 15 is 0 Å². The smallest absolute Gasteiger partial charge is 0.132 e. The van der Waals surface area contributed by atoms with Gasteiger partial charge in [0, 0.05) is 49.7 Å². The first-order valence-electron chi connectivity index (χ1n) is 7.43. The van der Waals surface area contributed by atoms with E-state index in [1.807, 2.05) is 25.1 Å². The van der Waals surface area contributed by atoms with E-state index in [4.69, 9.17) is 11.6 Å². The third-order valence-corrected chi connectivity index (χ3v) is 4.11. The van der Waals surface area contributed by atoms with Gasteiger partial charge in [0.2, 0.25) is 0 Å². The number of halogens is 1. The van der Waals surface area contributed by atoms with Crippen molar-refractivity contribution in [1.29, 1.82) is 0 Å². The highest BCUT2D eigenvalue weighted by molar-refractivity contribution is 6.30. The van der Waals surface area contributed by atoms with Crippen molar-refractivity contribution in [2.24, 2.45) is 0 Å². The first-order valence-corrected chi connectivity index (χ1v) is 7.81. The minimum atomic E-state index is 0.377. The van der Waals surface area contributed by atoms with Crippen molar-refractivity contribution in [3.63, 3.8) is 0 Å². The number of carbonyl (C=O) groups excluding carboxylic acids is 1. The van der Waals surface area contributed by atoms with Crippen LogP contribution < -0.4 is 4.90 Å². The molecule has 110 valence electrons. The van der Waals surface area contributed by atoms with Crippen molar-refractivity contribution >= 4 is 23.1 Å². The molecule has 0 N–H and O–H groups in total. The van der Waals surface area contributed by atoms with E-state index in [9.17, 15) is 4.79 Å². The van der Waals surface area contributed by atoms with Gasteiger partial charge < -0.3 is 4.90 Å². The molecule has 0 radical (unpaired) electrons.